The zero-order valence-corrected chi connectivity index (χ0v) is 16.3. The third kappa shape index (κ3) is 4.40. The summed E-state index contributed by atoms with van der Waals surface area (Å²) in [6, 6.07) is 1.64. The largest absolute Gasteiger partial charge is 0.332 e. The Kier molecular flexibility index (Phi) is 5.90. The molecule has 3 rings (SSSR count). The molecule has 1 aromatic rings. The van der Waals surface area contributed by atoms with E-state index in [1.165, 1.54) is 12.8 Å². The summed E-state index contributed by atoms with van der Waals surface area (Å²) in [7, 11) is 1.89. The molecule has 2 bridgehead atoms. The van der Waals surface area contributed by atoms with Crippen molar-refractivity contribution in [2.45, 2.75) is 51.7 Å². The molecular formula is C20H29N5O. The van der Waals surface area contributed by atoms with Gasteiger partial charge in [-0.1, -0.05) is 11.8 Å². The Bertz CT molecular complexity index is 676. The number of rotatable bonds is 5. The van der Waals surface area contributed by atoms with E-state index >= 15 is 0 Å². The SMILES string of the molecule is CC(=O)CN(C)CC#Cc1cnc(N2C3CCC2CN(C(C)C)C3)nc1. The number of hydrogen-bond acceptors (Lipinski definition) is 6. The van der Waals surface area contributed by atoms with Gasteiger partial charge in [-0.25, -0.2) is 9.97 Å². The second kappa shape index (κ2) is 8.15. The lowest BCUT2D eigenvalue weighted by molar-refractivity contribution is -0.117. The van der Waals surface area contributed by atoms with Crippen molar-refractivity contribution in [3.05, 3.63) is 18.0 Å². The minimum absolute atomic E-state index is 0.147. The lowest BCUT2D eigenvalue weighted by Gasteiger charge is -2.42. The van der Waals surface area contributed by atoms with Crippen LogP contribution in [0.3, 0.4) is 0 Å². The van der Waals surface area contributed by atoms with Crippen molar-refractivity contribution in [3.8, 4) is 11.8 Å². The molecule has 140 valence electrons. The summed E-state index contributed by atoms with van der Waals surface area (Å²) in [6.07, 6.45) is 6.08. The van der Waals surface area contributed by atoms with Crippen LogP contribution in [-0.4, -0.2) is 76.9 Å². The third-order valence-corrected chi connectivity index (χ3v) is 5.18. The highest BCUT2D eigenvalue weighted by atomic mass is 16.1. The average Bonchev–Trinajstić information content (AvgIpc) is 2.84. The molecule has 2 atom stereocenters. The van der Waals surface area contributed by atoms with Crippen LogP contribution in [0.15, 0.2) is 12.4 Å². The van der Waals surface area contributed by atoms with Gasteiger partial charge in [-0.15, -0.1) is 0 Å². The maximum atomic E-state index is 11.1. The number of nitrogens with zero attached hydrogens (tertiary/aromatic N) is 5. The second-order valence-electron chi connectivity index (χ2n) is 7.79. The summed E-state index contributed by atoms with van der Waals surface area (Å²) < 4.78 is 0. The van der Waals surface area contributed by atoms with Crippen molar-refractivity contribution < 1.29 is 4.79 Å². The van der Waals surface area contributed by atoms with Gasteiger partial charge in [-0.3, -0.25) is 14.6 Å². The van der Waals surface area contributed by atoms with Crippen LogP contribution < -0.4 is 4.90 Å². The molecule has 6 heteroatoms. The van der Waals surface area contributed by atoms with E-state index < -0.39 is 0 Å². The summed E-state index contributed by atoms with van der Waals surface area (Å²) >= 11 is 0. The number of carbonyl (C=O) groups is 1. The molecule has 6 nitrogen and oxygen atoms in total. The van der Waals surface area contributed by atoms with Crippen molar-refractivity contribution in [1.29, 1.82) is 0 Å². The Balaban J connectivity index is 1.61. The minimum atomic E-state index is 0.147. The molecule has 0 aromatic carbocycles. The quantitative estimate of drug-likeness (QED) is 0.745. The first kappa shape index (κ1) is 18.8. The molecule has 0 radical (unpaired) electrons. The number of Topliss-reactive ketones (excluding diaryl/α,β-unsaturated/α-hetero) is 1. The molecule has 2 aliphatic rings. The number of piperazine rings is 1. The van der Waals surface area contributed by atoms with E-state index in [0.29, 0.717) is 31.2 Å². The van der Waals surface area contributed by atoms with Crippen LogP contribution in [0.1, 0.15) is 39.2 Å². The number of hydrogen-bond donors (Lipinski definition) is 0. The van der Waals surface area contributed by atoms with Gasteiger partial charge in [0.1, 0.15) is 5.78 Å². The smallest absolute Gasteiger partial charge is 0.225 e. The Hall–Kier alpha value is -1.97. The molecule has 0 spiro atoms. The maximum absolute atomic E-state index is 11.1. The van der Waals surface area contributed by atoms with Crippen LogP contribution >= 0.6 is 0 Å². The Morgan fingerprint density at radius 3 is 2.42 bits per heavy atom. The van der Waals surface area contributed by atoms with E-state index in [9.17, 15) is 4.79 Å². The number of ketones is 1. The highest BCUT2D eigenvalue weighted by Gasteiger charge is 2.41. The zero-order valence-electron chi connectivity index (χ0n) is 16.3. The van der Waals surface area contributed by atoms with Gasteiger partial charge in [-0.2, -0.15) is 0 Å². The monoisotopic (exact) mass is 355 g/mol. The number of carbonyl (C=O) groups excluding carboxylic acids is 1. The summed E-state index contributed by atoms with van der Waals surface area (Å²) in [5, 5.41) is 0. The predicted molar refractivity (Wildman–Crippen MR) is 103 cm³/mol. The highest BCUT2D eigenvalue weighted by molar-refractivity contribution is 5.77. The minimum Gasteiger partial charge on any atom is -0.332 e. The molecule has 3 heterocycles. The van der Waals surface area contributed by atoms with Gasteiger partial charge in [-0.05, 0) is 40.7 Å². The standard InChI is InChI=1S/C20H29N5O/c1-15(2)24-13-18-7-8-19(14-24)25(18)20-21-10-17(11-22-20)6-5-9-23(4)12-16(3)26/h10-11,15,18-19H,7-9,12-14H2,1-4H3. The van der Waals surface area contributed by atoms with Gasteiger partial charge in [0.2, 0.25) is 5.95 Å². The molecule has 2 fully saturated rings. The topological polar surface area (TPSA) is 52.6 Å². The molecule has 0 saturated carbocycles. The van der Waals surface area contributed by atoms with Crippen molar-refractivity contribution in [2.75, 3.05) is 38.1 Å². The van der Waals surface area contributed by atoms with Crippen molar-refractivity contribution in [3.63, 3.8) is 0 Å². The molecule has 2 unspecified atom stereocenters. The van der Waals surface area contributed by atoms with E-state index in [2.05, 4.69) is 45.5 Å². The van der Waals surface area contributed by atoms with Crippen LogP contribution in [0.2, 0.25) is 0 Å². The lowest BCUT2D eigenvalue weighted by Crippen LogP contribution is -2.56. The van der Waals surface area contributed by atoms with Crippen LogP contribution in [-0.2, 0) is 4.79 Å². The number of likely N-dealkylation sites (N-methyl/N-ethyl adjacent to an activating group) is 1. The molecule has 2 aliphatic heterocycles. The molecule has 26 heavy (non-hydrogen) atoms. The van der Waals surface area contributed by atoms with Gasteiger partial charge >= 0.3 is 0 Å². The first-order valence-electron chi connectivity index (χ1n) is 9.45. The second-order valence-corrected chi connectivity index (χ2v) is 7.79. The fourth-order valence-electron chi connectivity index (χ4n) is 3.92. The van der Waals surface area contributed by atoms with Gasteiger partial charge in [0.05, 0.1) is 18.7 Å². The van der Waals surface area contributed by atoms with Gasteiger partial charge in [0.15, 0.2) is 0 Å². The van der Waals surface area contributed by atoms with Crippen LogP contribution in [0.4, 0.5) is 5.95 Å². The summed E-state index contributed by atoms with van der Waals surface area (Å²) in [4.78, 5) is 27.1. The van der Waals surface area contributed by atoms with Gasteiger partial charge < -0.3 is 4.90 Å². The molecular weight excluding hydrogens is 326 g/mol. The van der Waals surface area contributed by atoms with E-state index in [1.54, 1.807) is 6.92 Å². The zero-order chi connectivity index (χ0) is 18.7. The third-order valence-electron chi connectivity index (χ3n) is 5.18. The Morgan fingerprint density at radius 1 is 1.27 bits per heavy atom. The molecule has 0 amide bonds. The van der Waals surface area contributed by atoms with Gasteiger partial charge in [0.25, 0.3) is 0 Å². The Labute approximate surface area is 156 Å². The fourth-order valence-corrected chi connectivity index (χ4v) is 3.92. The van der Waals surface area contributed by atoms with E-state index in [0.717, 1.165) is 24.6 Å². The average molecular weight is 355 g/mol. The Morgan fingerprint density at radius 2 is 1.88 bits per heavy atom. The number of fused-ring (bicyclic) bond motifs is 2. The van der Waals surface area contributed by atoms with E-state index in [-0.39, 0.29) is 5.78 Å². The fraction of sp³-hybridized carbons (Fsp3) is 0.650. The molecule has 1 aromatic heterocycles. The normalized spacial score (nSPS) is 22.6. The van der Waals surface area contributed by atoms with Gasteiger partial charge in [0, 0.05) is 43.6 Å². The summed E-state index contributed by atoms with van der Waals surface area (Å²) in [5.41, 5.74) is 0.818. The number of aromatic nitrogens is 2. The maximum Gasteiger partial charge on any atom is 0.225 e. The van der Waals surface area contributed by atoms with Crippen molar-refractivity contribution >= 4 is 11.7 Å². The molecule has 0 aliphatic carbocycles. The predicted octanol–water partition coefficient (Wildman–Crippen LogP) is 1.41. The molecule has 2 saturated heterocycles. The number of likely N-dealkylation sites (tertiary alicyclic amines) is 1. The van der Waals surface area contributed by atoms with Crippen molar-refractivity contribution in [2.24, 2.45) is 0 Å². The first-order valence-corrected chi connectivity index (χ1v) is 9.45. The lowest BCUT2D eigenvalue weighted by atomic mass is 10.1. The summed E-state index contributed by atoms with van der Waals surface area (Å²) in [6.45, 7) is 9.31. The van der Waals surface area contributed by atoms with Crippen LogP contribution in [0.5, 0.6) is 0 Å². The van der Waals surface area contributed by atoms with Crippen molar-refractivity contribution in [1.82, 2.24) is 19.8 Å². The summed E-state index contributed by atoms with van der Waals surface area (Å²) in [5.74, 6) is 7.14. The van der Waals surface area contributed by atoms with Crippen LogP contribution in [0, 0.1) is 11.8 Å². The van der Waals surface area contributed by atoms with E-state index in [1.807, 2.05) is 24.3 Å². The van der Waals surface area contributed by atoms with E-state index in [4.69, 9.17) is 0 Å². The number of anilines is 1. The van der Waals surface area contributed by atoms with Crippen LogP contribution in [0.25, 0.3) is 0 Å². The highest BCUT2D eigenvalue weighted by Crippen LogP contribution is 2.33. The molecule has 0 N–H and O–H groups in total. The first-order chi connectivity index (χ1) is 12.4.